The third-order valence-electron chi connectivity index (χ3n) is 13.0. The highest BCUT2D eigenvalue weighted by Crippen LogP contribution is 2.16. The van der Waals surface area contributed by atoms with E-state index in [0.717, 1.165) is 122 Å². The van der Waals surface area contributed by atoms with E-state index in [1.54, 1.807) is 0 Å². The normalized spacial score (nSPS) is 12.9. The molecule has 0 N–H and O–H groups in total. The van der Waals surface area contributed by atoms with Gasteiger partial charge in [-0.1, -0.05) is 284 Å². The number of esters is 3. The van der Waals surface area contributed by atoms with E-state index in [1.165, 1.54) is 122 Å². The number of carbonyl (C=O) groups is 3. The lowest BCUT2D eigenvalue weighted by Crippen LogP contribution is -2.30. The Balaban J connectivity index is 4.19. The largest absolute Gasteiger partial charge is 0.462 e. The molecule has 0 aromatic rings. The van der Waals surface area contributed by atoms with Gasteiger partial charge in [0, 0.05) is 19.3 Å². The molecule has 1 atom stereocenters. The van der Waals surface area contributed by atoms with Crippen LogP contribution < -0.4 is 0 Å². The Hall–Kier alpha value is -3.93. The van der Waals surface area contributed by atoms with Crippen molar-refractivity contribution in [2.24, 2.45) is 0 Å². The maximum Gasteiger partial charge on any atom is 0.306 e. The molecule has 0 amide bonds. The van der Waals surface area contributed by atoms with Crippen molar-refractivity contribution in [3.05, 3.63) is 109 Å². The molecule has 0 aliphatic rings. The molecule has 0 fully saturated rings. The lowest BCUT2D eigenvalue weighted by molar-refractivity contribution is -0.167. The van der Waals surface area contributed by atoms with E-state index < -0.39 is 6.10 Å². The Bertz CT molecular complexity index is 1510. The molecular weight excluding hydrogens is 913 g/mol. The van der Waals surface area contributed by atoms with Gasteiger partial charge in [-0.3, -0.25) is 14.4 Å². The third-order valence-corrected chi connectivity index (χ3v) is 13.0. The zero-order chi connectivity index (χ0) is 53.6. The first-order chi connectivity index (χ1) is 36.5. The summed E-state index contributed by atoms with van der Waals surface area (Å²) in [6, 6.07) is 0. The topological polar surface area (TPSA) is 78.9 Å². The SMILES string of the molecule is CC/C=C\C/C=C\C/C=C\C/C=C\C/C=C\C/C=C\C/C=C\C/C=C\C/C=C\CCCCCC(=O)OCC(COC(=O)CCCCCCCC)OC(=O)CCCCCCCCCCCCCCCCCCCCC. The van der Waals surface area contributed by atoms with E-state index in [2.05, 4.69) is 130 Å². The Morgan fingerprint density at radius 1 is 0.284 bits per heavy atom. The number of unbranched alkanes of at least 4 members (excludes halogenated alkanes) is 26. The molecule has 6 heteroatoms. The van der Waals surface area contributed by atoms with Crippen molar-refractivity contribution in [3.8, 4) is 0 Å². The van der Waals surface area contributed by atoms with Gasteiger partial charge in [0.1, 0.15) is 13.2 Å². The number of allylic oxidation sites excluding steroid dienone is 18. The van der Waals surface area contributed by atoms with Crippen molar-refractivity contribution in [1.82, 2.24) is 0 Å². The van der Waals surface area contributed by atoms with Gasteiger partial charge in [0.2, 0.25) is 0 Å². The quantitative estimate of drug-likeness (QED) is 0.0261. The highest BCUT2D eigenvalue weighted by molar-refractivity contribution is 5.71. The van der Waals surface area contributed by atoms with Crippen LogP contribution in [0, 0.1) is 0 Å². The van der Waals surface area contributed by atoms with Crippen molar-refractivity contribution in [2.45, 2.75) is 290 Å². The Kier molecular flexibility index (Phi) is 58.3. The van der Waals surface area contributed by atoms with Gasteiger partial charge in [-0.25, -0.2) is 0 Å². The van der Waals surface area contributed by atoms with Gasteiger partial charge in [-0.2, -0.15) is 0 Å². The zero-order valence-electron chi connectivity index (χ0n) is 48.3. The lowest BCUT2D eigenvalue weighted by atomic mass is 10.0. The summed E-state index contributed by atoms with van der Waals surface area (Å²) in [7, 11) is 0. The average Bonchev–Trinajstić information content (AvgIpc) is 3.40. The maximum absolute atomic E-state index is 12.8. The molecule has 0 saturated carbocycles. The molecule has 0 radical (unpaired) electrons. The summed E-state index contributed by atoms with van der Waals surface area (Å²) >= 11 is 0. The fourth-order valence-corrected chi connectivity index (χ4v) is 8.44. The van der Waals surface area contributed by atoms with Crippen LogP contribution in [0.25, 0.3) is 0 Å². The van der Waals surface area contributed by atoms with Gasteiger partial charge in [0.05, 0.1) is 0 Å². The monoisotopic (exact) mass is 1030 g/mol. The number of hydrogen-bond acceptors (Lipinski definition) is 6. The van der Waals surface area contributed by atoms with Gasteiger partial charge in [0.15, 0.2) is 6.10 Å². The molecular formula is C68H114O6. The molecule has 0 aromatic heterocycles. The Morgan fingerprint density at radius 3 is 0.824 bits per heavy atom. The van der Waals surface area contributed by atoms with Crippen LogP contribution in [0.4, 0.5) is 0 Å². The molecule has 0 aromatic carbocycles. The van der Waals surface area contributed by atoms with Crippen molar-refractivity contribution >= 4 is 17.9 Å². The minimum Gasteiger partial charge on any atom is -0.462 e. The summed E-state index contributed by atoms with van der Waals surface area (Å²) in [6.45, 7) is 6.45. The van der Waals surface area contributed by atoms with Crippen LogP contribution >= 0.6 is 0 Å². The molecule has 1 unspecified atom stereocenters. The molecule has 0 rings (SSSR count). The third kappa shape index (κ3) is 59.0. The molecule has 74 heavy (non-hydrogen) atoms. The summed E-state index contributed by atoms with van der Waals surface area (Å²) in [5.41, 5.74) is 0. The number of ether oxygens (including phenoxy) is 3. The van der Waals surface area contributed by atoms with Crippen LogP contribution in [0.3, 0.4) is 0 Å². The predicted octanol–water partition coefficient (Wildman–Crippen LogP) is 21.0. The first kappa shape index (κ1) is 70.1. The second-order valence-electron chi connectivity index (χ2n) is 20.2. The predicted molar refractivity (Wildman–Crippen MR) is 320 cm³/mol. The molecule has 0 bridgehead atoms. The van der Waals surface area contributed by atoms with Crippen molar-refractivity contribution < 1.29 is 28.6 Å². The summed E-state index contributed by atoms with van der Waals surface area (Å²) < 4.78 is 16.8. The molecule has 0 heterocycles. The van der Waals surface area contributed by atoms with Crippen LogP contribution in [-0.2, 0) is 28.6 Å². The van der Waals surface area contributed by atoms with Gasteiger partial charge in [-0.15, -0.1) is 0 Å². The van der Waals surface area contributed by atoms with Crippen molar-refractivity contribution in [1.29, 1.82) is 0 Å². The fourth-order valence-electron chi connectivity index (χ4n) is 8.44. The van der Waals surface area contributed by atoms with Gasteiger partial charge >= 0.3 is 17.9 Å². The van der Waals surface area contributed by atoms with E-state index >= 15 is 0 Å². The van der Waals surface area contributed by atoms with E-state index in [0.29, 0.717) is 19.3 Å². The minimum atomic E-state index is -0.788. The molecule has 422 valence electrons. The van der Waals surface area contributed by atoms with E-state index in [-0.39, 0.29) is 31.1 Å². The second kappa shape index (κ2) is 61.6. The van der Waals surface area contributed by atoms with Crippen LogP contribution in [0.1, 0.15) is 284 Å². The van der Waals surface area contributed by atoms with Crippen molar-refractivity contribution in [3.63, 3.8) is 0 Å². The van der Waals surface area contributed by atoms with Crippen LogP contribution in [-0.4, -0.2) is 37.2 Å². The number of carbonyl (C=O) groups excluding carboxylic acids is 3. The molecule has 0 aliphatic carbocycles. The van der Waals surface area contributed by atoms with Crippen molar-refractivity contribution in [2.75, 3.05) is 13.2 Å². The number of hydrogen-bond donors (Lipinski definition) is 0. The zero-order valence-corrected chi connectivity index (χ0v) is 48.3. The van der Waals surface area contributed by atoms with Crippen LogP contribution in [0.15, 0.2) is 109 Å². The highest BCUT2D eigenvalue weighted by Gasteiger charge is 2.19. The average molecular weight is 1030 g/mol. The molecule has 0 spiro atoms. The van der Waals surface area contributed by atoms with Gasteiger partial charge in [-0.05, 0) is 89.9 Å². The minimum absolute atomic E-state index is 0.0871. The lowest BCUT2D eigenvalue weighted by Gasteiger charge is -2.18. The van der Waals surface area contributed by atoms with Crippen LogP contribution in [0.5, 0.6) is 0 Å². The van der Waals surface area contributed by atoms with Crippen LogP contribution in [0.2, 0.25) is 0 Å². The van der Waals surface area contributed by atoms with Gasteiger partial charge < -0.3 is 14.2 Å². The Labute approximate surface area is 457 Å². The van der Waals surface area contributed by atoms with E-state index in [4.69, 9.17) is 14.2 Å². The molecule has 0 saturated heterocycles. The summed E-state index contributed by atoms with van der Waals surface area (Å²) in [6.07, 6.45) is 84.1. The standard InChI is InChI=1S/C68H114O6/c1-4-7-10-13-16-18-20-22-24-26-28-29-30-31-32-33-34-35-36-37-38-39-41-42-44-46-48-50-52-55-58-61-67(70)73-64-65(63-72-66(69)60-57-54-15-12-9-6-3)74-68(71)62-59-56-53-51-49-47-45-43-40-27-25-23-21-19-17-14-11-8-5-2/h7,10,16,18,22,24,28-29,31-32,34-35,37-38,41-42,46,48,65H,4-6,8-9,11-15,17,19-21,23,25-27,30,33,36,39-40,43-45,47,49-64H2,1-3H3/b10-7-,18-16-,24-22-,29-28-,32-31-,35-34-,38-37-,42-41-,48-46-. The summed E-state index contributed by atoms with van der Waals surface area (Å²) in [5, 5.41) is 0. The van der Waals surface area contributed by atoms with E-state index in [9.17, 15) is 14.4 Å². The Morgan fingerprint density at radius 2 is 0.527 bits per heavy atom. The van der Waals surface area contributed by atoms with E-state index in [1.807, 2.05) is 0 Å². The summed E-state index contributed by atoms with van der Waals surface area (Å²) in [4.78, 5) is 37.9. The smallest absolute Gasteiger partial charge is 0.306 e. The van der Waals surface area contributed by atoms with Gasteiger partial charge in [0.25, 0.3) is 0 Å². The highest BCUT2D eigenvalue weighted by atomic mass is 16.6. The summed E-state index contributed by atoms with van der Waals surface area (Å²) in [5.74, 6) is -0.925. The maximum atomic E-state index is 12.8. The molecule has 6 nitrogen and oxygen atoms in total. The molecule has 0 aliphatic heterocycles. The second-order valence-corrected chi connectivity index (χ2v) is 20.2. The number of rotatable bonds is 55. The first-order valence-electron chi connectivity index (χ1n) is 30.9. The fraction of sp³-hybridized carbons (Fsp3) is 0.691. The first-order valence-corrected chi connectivity index (χ1v) is 30.9.